The van der Waals surface area contributed by atoms with Crippen LogP contribution in [0.2, 0.25) is 0 Å². The molecule has 0 amide bonds. The van der Waals surface area contributed by atoms with Gasteiger partial charge < -0.3 is 4.74 Å². The Hall–Kier alpha value is -1.57. The molecule has 2 aliphatic rings. The summed E-state index contributed by atoms with van der Waals surface area (Å²) >= 11 is 0. The number of carbonyl (C=O) groups is 1. The summed E-state index contributed by atoms with van der Waals surface area (Å²) in [5.41, 5.74) is 3.02. The molecule has 3 rings (SSSR count). The zero-order valence-corrected chi connectivity index (χ0v) is 16.3. The molecule has 0 atom stereocenters. The summed E-state index contributed by atoms with van der Waals surface area (Å²) in [5.74, 6) is 2.20. The van der Waals surface area contributed by atoms with Crippen molar-refractivity contribution in [2.24, 2.45) is 11.8 Å². The molecule has 142 valence electrons. The van der Waals surface area contributed by atoms with E-state index in [4.69, 9.17) is 4.74 Å². The molecule has 0 saturated heterocycles. The lowest BCUT2D eigenvalue weighted by Crippen LogP contribution is -2.29. The van der Waals surface area contributed by atoms with Gasteiger partial charge in [0.25, 0.3) is 0 Å². The van der Waals surface area contributed by atoms with E-state index in [2.05, 4.69) is 37.8 Å². The number of ether oxygens (including phenoxy) is 1. The van der Waals surface area contributed by atoms with Crippen molar-refractivity contribution in [3.8, 4) is 0 Å². The fourth-order valence-corrected chi connectivity index (χ4v) is 5.06. The molecule has 26 heavy (non-hydrogen) atoms. The molecule has 2 heteroatoms. The van der Waals surface area contributed by atoms with Crippen LogP contribution in [0.1, 0.15) is 81.8 Å². The van der Waals surface area contributed by atoms with Gasteiger partial charge in [0, 0.05) is 6.08 Å². The Morgan fingerprint density at radius 1 is 1.00 bits per heavy atom. The van der Waals surface area contributed by atoms with E-state index in [1.165, 1.54) is 63.0 Å². The summed E-state index contributed by atoms with van der Waals surface area (Å²) in [6.45, 7) is 5.73. The number of hydrogen-bond acceptors (Lipinski definition) is 2. The fourth-order valence-electron chi connectivity index (χ4n) is 5.06. The number of benzene rings is 1. The van der Waals surface area contributed by atoms with Gasteiger partial charge in [0.1, 0.15) is 6.10 Å². The summed E-state index contributed by atoms with van der Waals surface area (Å²) in [6.07, 6.45) is 13.7. The van der Waals surface area contributed by atoms with Crippen LogP contribution in [0, 0.1) is 11.8 Å². The van der Waals surface area contributed by atoms with Crippen molar-refractivity contribution in [1.82, 2.24) is 0 Å². The molecule has 2 fully saturated rings. The Kier molecular flexibility index (Phi) is 6.93. The van der Waals surface area contributed by atoms with Gasteiger partial charge in [-0.05, 0) is 86.7 Å². The van der Waals surface area contributed by atoms with Gasteiger partial charge in [0.05, 0.1) is 0 Å². The highest BCUT2D eigenvalue weighted by Crippen LogP contribution is 2.43. The Bertz CT molecular complexity index is 573. The number of aryl methyl sites for hydroxylation is 1. The Morgan fingerprint density at radius 2 is 1.58 bits per heavy atom. The molecule has 2 nitrogen and oxygen atoms in total. The largest absolute Gasteiger partial charge is 0.459 e. The number of rotatable bonds is 6. The highest BCUT2D eigenvalue weighted by Gasteiger charge is 2.32. The standard InChI is InChI=1S/C24H34O2/c1-3-5-18-6-8-19(9-7-18)20-10-12-21(13-11-20)22-14-16-23(17-15-22)26-24(25)4-2/h4,6-9,20-23H,2-3,5,10-17H2,1H3. The molecule has 0 aliphatic heterocycles. The highest BCUT2D eigenvalue weighted by molar-refractivity contribution is 5.81. The van der Waals surface area contributed by atoms with E-state index in [-0.39, 0.29) is 12.1 Å². The highest BCUT2D eigenvalue weighted by atomic mass is 16.5. The van der Waals surface area contributed by atoms with Crippen LogP contribution in [0.25, 0.3) is 0 Å². The second kappa shape index (κ2) is 9.39. The fraction of sp³-hybridized carbons (Fsp3) is 0.625. The lowest BCUT2D eigenvalue weighted by atomic mass is 9.69. The van der Waals surface area contributed by atoms with Crippen molar-refractivity contribution < 1.29 is 9.53 Å². The second-order valence-corrected chi connectivity index (χ2v) is 8.28. The number of carbonyl (C=O) groups excluding carboxylic acids is 1. The third kappa shape index (κ3) is 4.99. The molecular weight excluding hydrogens is 320 g/mol. The van der Waals surface area contributed by atoms with E-state index >= 15 is 0 Å². The number of hydrogen-bond donors (Lipinski definition) is 0. The summed E-state index contributed by atoms with van der Waals surface area (Å²) in [5, 5.41) is 0. The molecule has 1 aromatic rings. The van der Waals surface area contributed by atoms with Gasteiger partial charge in [-0.3, -0.25) is 0 Å². The molecule has 0 unspecified atom stereocenters. The van der Waals surface area contributed by atoms with Gasteiger partial charge in [0.15, 0.2) is 0 Å². The van der Waals surface area contributed by atoms with Crippen LogP contribution < -0.4 is 0 Å². The molecule has 0 aromatic heterocycles. The predicted octanol–water partition coefficient (Wildman–Crippen LogP) is 6.20. The first kappa shape index (κ1) is 19.2. The molecule has 0 bridgehead atoms. The first-order valence-corrected chi connectivity index (χ1v) is 10.6. The van der Waals surface area contributed by atoms with Gasteiger partial charge in [-0.1, -0.05) is 44.2 Å². The third-order valence-electron chi connectivity index (χ3n) is 6.60. The minimum absolute atomic E-state index is 0.120. The molecule has 0 radical (unpaired) electrons. The quantitative estimate of drug-likeness (QED) is 0.449. The van der Waals surface area contributed by atoms with Crippen molar-refractivity contribution in [2.75, 3.05) is 0 Å². The Balaban J connectivity index is 1.44. The van der Waals surface area contributed by atoms with E-state index < -0.39 is 0 Å². The van der Waals surface area contributed by atoms with E-state index in [0.717, 1.165) is 30.6 Å². The molecule has 0 heterocycles. The first-order chi connectivity index (χ1) is 12.7. The van der Waals surface area contributed by atoms with Crippen molar-refractivity contribution in [3.05, 3.63) is 48.0 Å². The van der Waals surface area contributed by atoms with Crippen LogP contribution in [-0.4, -0.2) is 12.1 Å². The van der Waals surface area contributed by atoms with Crippen LogP contribution in [0.5, 0.6) is 0 Å². The number of esters is 1. The molecule has 1 aromatic carbocycles. The predicted molar refractivity (Wildman–Crippen MR) is 107 cm³/mol. The summed E-state index contributed by atoms with van der Waals surface area (Å²) in [4.78, 5) is 11.4. The summed E-state index contributed by atoms with van der Waals surface area (Å²) in [6, 6.07) is 9.40. The maximum absolute atomic E-state index is 11.4. The molecule has 0 spiro atoms. The van der Waals surface area contributed by atoms with Gasteiger partial charge >= 0.3 is 5.97 Å². The minimum atomic E-state index is -0.265. The van der Waals surface area contributed by atoms with Gasteiger partial charge in [-0.2, -0.15) is 0 Å². The van der Waals surface area contributed by atoms with E-state index in [1.807, 2.05) is 0 Å². The summed E-state index contributed by atoms with van der Waals surface area (Å²) in [7, 11) is 0. The van der Waals surface area contributed by atoms with Crippen LogP contribution >= 0.6 is 0 Å². The lowest BCUT2D eigenvalue weighted by molar-refractivity contribution is -0.145. The van der Waals surface area contributed by atoms with Crippen molar-refractivity contribution >= 4 is 5.97 Å². The normalized spacial score (nSPS) is 29.1. The van der Waals surface area contributed by atoms with Crippen molar-refractivity contribution in [3.63, 3.8) is 0 Å². The molecular formula is C24H34O2. The van der Waals surface area contributed by atoms with E-state index in [9.17, 15) is 4.79 Å². The molecule has 0 N–H and O–H groups in total. The average molecular weight is 355 g/mol. The molecule has 2 saturated carbocycles. The zero-order valence-electron chi connectivity index (χ0n) is 16.3. The third-order valence-corrected chi connectivity index (χ3v) is 6.60. The van der Waals surface area contributed by atoms with E-state index in [1.54, 1.807) is 5.56 Å². The topological polar surface area (TPSA) is 26.3 Å². The zero-order chi connectivity index (χ0) is 18.4. The average Bonchev–Trinajstić information content (AvgIpc) is 2.69. The van der Waals surface area contributed by atoms with Gasteiger partial charge in [-0.25, -0.2) is 4.79 Å². The maximum Gasteiger partial charge on any atom is 0.330 e. The van der Waals surface area contributed by atoms with E-state index in [0.29, 0.717) is 0 Å². The second-order valence-electron chi connectivity index (χ2n) is 8.28. The lowest BCUT2D eigenvalue weighted by Gasteiger charge is -2.37. The van der Waals surface area contributed by atoms with Crippen LogP contribution in [0.15, 0.2) is 36.9 Å². The first-order valence-electron chi connectivity index (χ1n) is 10.6. The monoisotopic (exact) mass is 354 g/mol. The van der Waals surface area contributed by atoms with Crippen LogP contribution in [0.3, 0.4) is 0 Å². The minimum Gasteiger partial charge on any atom is -0.459 e. The van der Waals surface area contributed by atoms with Crippen LogP contribution in [0.4, 0.5) is 0 Å². The van der Waals surface area contributed by atoms with Gasteiger partial charge in [0.2, 0.25) is 0 Å². The smallest absolute Gasteiger partial charge is 0.330 e. The summed E-state index contributed by atoms with van der Waals surface area (Å²) < 4.78 is 5.42. The van der Waals surface area contributed by atoms with Crippen LogP contribution in [-0.2, 0) is 16.0 Å². The Morgan fingerprint density at radius 3 is 2.12 bits per heavy atom. The Labute approximate surface area is 159 Å². The van der Waals surface area contributed by atoms with Crippen molar-refractivity contribution in [1.29, 1.82) is 0 Å². The maximum atomic E-state index is 11.4. The SMILES string of the molecule is C=CC(=O)OC1CCC(C2CCC(c3ccc(CCC)cc3)CC2)CC1. The molecule has 2 aliphatic carbocycles. The van der Waals surface area contributed by atoms with Crippen molar-refractivity contribution in [2.45, 2.75) is 83.2 Å². The van der Waals surface area contributed by atoms with Gasteiger partial charge in [-0.15, -0.1) is 0 Å².